The van der Waals surface area contributed by atoms with Crippen molar-refractivity contribution < 1.29 is 19.2 Å². The second-order valence-electron chi connectivity index (χ2n) is 27.1. The number of benzene rings is 2. The normalized spacial score (nSPS) is 11.8. The second-order valence-corrected chi connectivity index (χ2v) is 28.6. The first-order chi connectivity index (χ1) is 43.6. The van der Waals surface area contributed by atoms with Crippen molar-refractivity contribution >= 4 is 11.4 Å². The molecule has 2 rings (SSSR count). The Morgan fingerprint density at radius 3 is 0.909 bits per heavy atom. The van der Waals surface area contributed by atoms with Gasteiger partial charge in [0, 0.05) is 0 Å². The van der Waals surface area contributed by atoms with E-state index in [0.717, 1.165) is 44.1 Å². The van der Waals surface area contributed by atoms with E-state index in [1.54, 1.807) is 0 Å². The van der Waals surface area contributed by atoms with Crippen LogP contribution in [0.1, 0.15) is 430 Å². The molecule has 0 aliphatic rings. The van der Waals surface area contributed by atoms with Gasteiger partial charge < -0.3 is 5.53 Å². The number of unbranched alkanes of at least 4 members (excludes halogenated alkanes) is 50. The molecule has 2 aromatic carbocycles. The van der Waals surface area contributed by atoms with Crippen LogP contribution in [-0.4, -0.2) is 10.7 Å². The van der Waals surface area contributed by atoms with Gasteiger partial charge in [-0.25, -0.2) is 0 Å². The quantitative estimate of drug-likeness (QED) is 0.0158. The van der Waals surface area contributed by atoms with Gasteiger partial charge in [-0.3, -0.25) is 0 Å². The summed E-state index contributed by atoms with van der Waals surface area (Å²) in [7, 11) is 0. The van der Waals surface area contributed by atoms with E-state index < -0.39 is 0 Å². The van der Waals surface area contributed by atoms with Crippen molar-refractivity contribution in [3.8, 4) is 0 Å². The Morgan fingerprint density at radius 2 is 0.602 bits per heavy atom. The zero-order valence-corrected chi connectivity index (χ0v) is 61.1. The van der Waals surface area contributed by atoms with Crippen LogP contribution in [0.25, 0.3) is 11.1 Å². The Morgan fingerprint density at radius 1 is 0.330 bits per heavy atom. The minimum absolute atomic E-state index is 0.915. The van der Waals surface area contributed by atoms with Gasteiger partial charge in [-0.15, -0.1) is 4.79 Å². The van der Waals surface area contributed by atoms with Gasteiger partial charge in [0.05, 0.1) is 0 Å². The van der Waals surface area contributed by atoms with Crippen LogP contribution < -0.4 is 0 Å². The summed E-state index contributed by atoms with van der Waals surface area (Å²) < 4.78 is 0. The standard InChI is InChI=1S/C71H120N2.2C7H15.Ni/c1-5-9-13-15-17-19-21-23-25-27-29-31-33-35-37-39-41-43-45-47-49-51-54-69(64-73-72)70(55-12-8-4)71(67-60-56-65(57-61-67)52-11-7-3)68-62-58-66(59-63-68)53-50-48-46-44-42-40-38-36-34-32-30-28-26-24-22-20-18-16-14-10-6-2;2*1-3-5-7-6-4-2;/h51,54,56-63H,5-50,52-53,55H2,1-4H3;2*1,3-7H2,2H3;. The summed E-state index contributed by atoms with van der Waals surface area (Å²) in [5, 5.41) is 2.84. The number of aryl methyl sites for hydroxylation is 2. The molecule has 0 fully saturated rings. The van der Waals surface area contributed by atoms with Crippen LogP contribution in [0.3, 0.4) is 0 Å². The van der Waals surface area contributed by atoms with Crippen LogP contribution in [0.5, 0.6) is 0 Å². The first kappa shape index (κ1) is 83.6. The summed E-state index contributed by atoms with van der Waals surface area (Å²) in [6.07, 6.45) is 85.8. The van der Waals surface area contributed by atoms with Gasteiger partial charge in [-0.05, 0) is 90.8 Å². The molecule has 0 saturated carbocycles. The van der Waals surface area contributed by atoms with Gasteiger partial charge in [0.1, 0.15) is 5.57 Å². The number of rotatable bonds is 65. The molecule has 0 N–H and O–H groups in total. The molecular formula is C85H150N2Ni. The van der Waals surface area contributed by atoms with Gasteiger partial charge >= 0.3 is 109 Å². The van der Waals surface area contributed by atoms with Crippen molar-refractivity contribution in [1.82, 2.24) is 0 Å². The molecule has 0 heterocycles. The van der Waals surface area contributed by atoms with Crippen molar-refractivity contribution in [2.45, 2.75) is 431 Å². The van der Waals surface area contributed by atoms with Crippen molar-refractivity contribution in [3.05, 3.63) is 99.6 Å². The molecule has 0 unspecified atom stereocenters. The summed E-state index contributed by atoms with van der Waals surface area (Å²) in [4.78, 5) is 3.53. The van der Waals surface area contributed by atoms with Gasteiger partial charge in [0.15, 0.2) is 0 Å². The fourth-order valence-electron chi connectivity index (χ4n) is 12.7. The molecule has 2 nitrogen and oxygen atoms in total. The summed E-state index contributed by atoms with van der Waals surface area (Å²) in [6.45, 7) is 13.7. The average molecular weight is 1260 g/mol. The molecule has 3 heteroatoms. The van der Waals surface area contributed by atoms with E-state index in [-0.39, 0.29) is 0 Å². The van der Waals surface area contributed by atoms with Crippen molar-refractivity contribution in [2.24, 2.45) is 0 Å². The molecular weight excluding hydrogens is 1110 g/mol. The fourth-order valence-corrected chi connectivity index (χ4v) is 13.9. The van der Waals surface area contributed by atoms with E-state index in [1.165, 1.54) is 384 Å². The van der Waals surface area contributed by atoms with E-state index in [0.29, 0.717) is 0 Å². The van der Waals surface area contributed by atoms with Crippen molar-refractivity contribution in [1.29, 1.82) is 0 Å². The third kappa shape index (κ3) is 53.1. The maximum atomic E-state index is 9.96. The molecule has 0 spiro atoms. The van der Waals surface area contributed by atoms with Crippen LogP contribution in [0.15, 0.2) is 71.8 Å². The molecule has 510 valence electrons. The molecule has 0 amide bonds. The summed E-state index contributed by atoms with van der Waals surface area (Å²) >= 11 is 2.00. The maximum absolute atomic E-state index is 9.96. The monoisotopic (exact) mass is 1260 g/mol. The van der Waals surface area contributed by atoms with Crippen LogP contribution in [0, 0.1) is 0 Å². The Bertz CT molecular complexity index is 1860. The molecule has 0 aliphatic carbocycles. The molecule has 0 aliphatic heterocycles. The van der Waals surface area contributed by atoms with Crippen LogP contribution in [0.2, 0.25) is 10.8 Å². The predicted octanol–water partition coefficient (Wildman–Crippen LogP) is 30.2. The number of hydrogen-bond donors (Lipinski definition) is 0. The molecule has 2 aromatic rings. The molecule has 0 bridgehead atoms. The SMILES string of the molecule is CCCCCCCCCCCCCCCCCCCCCCC=CC(=C=[N+]=[N-])C(CCCC)=C(c1ccc(CCCC)cc1)c1ccc(CCCCCCCCCCCCCCCCCCCCCCC)cc1.CCCCCC[CH2][Ni][CH2]CCCCCC. The average Bonchev–Trinajstić information content (AvgIpc) is 2.20. The summed E-state index contributed by atoms with van der Waals surface area (Å²) in [5.41, 5.74) is 18.7. The Kier molecular flexibility index (Phi) is 65.5. The number of allylic oxidation sites excluding steroid dienone is 4. The van der Waals surface area contributed by atoms with Gasteiger partial charge in [-0.1, -0.05) is 346 Å². The predicted molar refractivity (Wildman–Crippen MR) is 394 cm³/mol. The van der Waals surface area contributed by atoms with Crippen molar-refractivity contribution in [3.63, 3.8) is 0 Å². The molecule has 0 atom stereocenters. The zero-order chi connectivity index (χ0) is 63.4. The molecule has 0 radical (unpaired) electrons. The molecule has 88 heavy (non-hydrogen) atoms. The van der Waals surface area contributed by atoms with Crippen LogP contribution in [0.4, 0.5) is 0 Å². The zero-order valence-electron chi connectivity index (χ0n) is 60.1. The molecule has 0 saturated heterocycles. The summed E-state index contributed by atoms with van der Waals surface area (Å²) in [6, 6.07) is 18.8. The number of nitrogens with zero attached hydrogens (tertiary/aromatic N) is 2. The first-order valence-electron chi connectivity index (χ1n) is 39.6. The van der Waals surface area contributed by atoms with Gasteiger partial charge in [0.25, 0.3) is 0 Å². The van der Waals surface area contributed by atoms with Crippen LogP contribution in [-0.2, 0) is 27.3 Å². The molecule has 0 aromatic heterocycles. The summed E-state index contributed by atoms with van der Waals surface area (Å²) in [5.74, 6) is 3.06. The Labute approximate surface area is 558 Å². The first-order valence-corrected chi connectivity index (χ1v) is 41.0. The minimum atomic E-state index is 0.915. The number of hydrogen-bond acceptors (Lipinski definition) is 0. The van der Waals surface area contributed by atoms with Gasteiger partial charge in [-0.2, -0.15) is 0 Å². The van der Waals surface area contributed by atoms with Crippen LogP contribution >= 0.6 is 0 Å². The van der Waals surface area contributed by atoms with E-state index in [1.807, 2.05) is 14.4 Å². The van der Waals surface area contributed by atoms with E-state index >= 15 is 0 Å². The topological polar surface area (TPSA) is 36.4 Å². The third-order valence-corrected chi connectivity index (χ3v) is 20.0. The Balaban J connectivity index is 0.00000226. The van der Waals surface area contributed by atoms with E-state index in [9.17, 15) is 5.53 Å². The van der Waals surface area contributed by atoms with E-state index in [4.69, 9.17) is 0 Å². The Hall–Kier alpha value is -2.43. The fraction of sp³-hybridized carbons (Fsp3) is 0.788. The van der Waals surface area contributed by atoms with Crippen molar-refractivity contribution in [2.75, 3.05) is 0 Å². The van der Waals surface area contributed by atoms with E-state index in [2.05, 4.69) is 113 Å². The third-order valence-electron chi connectivity index (χ3n) is 18.6. The van der Waals surface area contributed by atoms with Gasteiger partial charge in [0.2, 0.25) is 0 Å². The second kappa shape index (κ2) is 68.9.